The summed E-state index contributed by atoms with van der Waals surface area (Å²) >= 11 is 0. The Morgan fingerprint density at radius 3 is 2.78 bits per heavy atom. The first-order valence-electron chi connectivity index (χ1n) is 7.63. The topological polar surface area (TPSA) is 64.3 Å². The van der Waals surface area contributed by atoms with Gasteiger partial charge in [-0.25, -0.2) is 9.78 Å². The van der Waals surface area contributed by atoms with Gasteiger partial charge in [0.2, 0.25) is 0 Å². The fraction of sp³-hybridized carbons (Fsp3) is 0.353. The van der Waals surface area contributed by atoms with Crippen molar-refractivity contribution < 1.29 is 18.8 Å². The van der Waals surface area contributed by atoms with E-state index < -0.39 is 0 Å². The monoisotopic (exact) mass is 314 g/mol. The van der Waals surface area contributed by atoms with Crippen molar-refractivity contribution in [1.29, 1.82) is 0 Å². The van der Waals surface area contributed by atoms with E-state index in [1.54, 1.807) is 24.1 Å². The third-order valence-corrected chi connectivity index (χ3v) is 3.72. The minimum Gasteiger partial charge on any atom is -0.494 e. The lowest BCUT2D eigenvalue weighted by Crippen LogP contribution is -2.42. The van der Waals surface area contributed by atoms with Crippen molar-refractivity contribution in [1.82, 2.24) is 4.98 Å². The molecule has 0 saturated carbocycles. The van der Waals surface area contributed by atoms with Crippen molar-refractivity contribution in [3.63, 3.8) is 0 Å². The fourth-order valence-electron chi connectivity index (χ4n) is 2.46. The normalized spacial score (nSPS) is 16.1. The van der Waals surface area contributed by atoms with E-state index in [1.807, 2.05) is 31.2 Å². The first kappa shape index (κ1) is 15.4. The van der Waals surface area contributed by atoms with Gasteiger partial charge < -0.3 is 9.47 Å². The van der Waals surface area contributed by atoms with Gasteiger partial charge in [0.15, 0.2) is 6.04 Å². The average molecular weight is 314 g/mol. The maximum absolute atomic E-state index is 12.0. The minimum atomic E-state index is -0.213. The lowest BCUT2D eigenvalue weighted by molar-refractivity contribution is -0.552. The Kier molecular flexibility index (Phi) is 4.52. The molecule has 2 heterocycles. The van der Waals surface area contributed by atoms with Gasteiger partial charge in [-0.2, -0.15) is 4.57 Å². The van der Waals surface area contributed by atoms with Crippen molar-refractivity contribution in [3.05, 3.63) is 36.7 Å². The van der Waals surface area contributed by atoms with Crippen LogP contribution < -0.4 is 14.6 Å². The smallest absolute Gasteiger partial charge is 0.358 e. The zero-order chi connectivity index (χ0) is 16.2. The summed E-state index contributed by atoms with van der Waals surface area (Å²) in [5.74, 6) is 1.57. The highest BCUT2D eigenvalue weighted by atomic mass is 16.5. The van der Waals surface area contributed by atoms with Crippen LogP contribution in [0, 0.1) is 0 Å². The number of hydrogen-bond donors (Lipinski definition) is 1. The summed E-state index contributed by atoms with van der Waals surface area (Å²) in [6.45, 7) is 3.15. The molecule has 0 fully saturated rings. The number of nitrogens with one attached hydrogen (secondary N) is 1. The van der Waals surface area contributed by atoms with E-state index in [2.05, 4.69) is 10.3 Å². The van der Waals surface area contributed by atoms with Crippen LogP contribution in [-0.4, -0.2) is 37.3 Å². The van der Waals surface area contributed by atoms with Gasteiger partial charge in [0.05, 0.1) is 6.61 Å². The van der Waals surface area contributed by atoms with Gasteiger partial charge in [0.1, 0.15) is 23.8 Å². The summed E-state index contributed by atoms with van der Waals surface area (Å²) in [7, 11) is 1.68. The van der Waals surface area contributed by atoms with Crippen LogP contribution in [0.2, 0.25) is 0 Å². The largest absolute Gasteiger partial charge is 0.494 e. The predicted molar refractivity (Wildman–Crippen MR) is 85.6 cm³/mol. The molecule has 1 atom stereocenters. The van der Waals surface area contributed by atoms with E-state index in [0.717, 1.165) is 29.2 Å². The molecule has 0 radical (unpaired) electrons. The van der Waals surface area contributed by atoms with Crippen molar-refractivity contribution in [2.75, 3.05) is 25.6 Å². The van der Waals surface area contributed by atoms with Gasteiger partial charge in [0, 0.05) is 25.7 Å². The molecular formula is C17H20N3O3+. The van der Waals surface area contributed by atoms with Crippen LogP contribution in [0.5, 0.6) is 5.75 Å². The molecule has 23 heavy (non-hydrogen) atoms. The third kappa shape index (κ3) is 3.32. The number of ether oxygens (including phenoxy) is 2. The van der Waals surface area contributed by atoms with Crippen molar-refractivity contribution in [2.45, 2.75) is 19.4 Å². The number of aromatic nitrogens is 2. The number of methoxy groups -OCH3 is 1. The van der Waals surface area contributed by atoms with E-state index in [9.17, 15) is 4.79 Å². The predicted octanol–water partition coefficient (Wildman–Crippen LogP) is 1.91. The highest BCUT2D eigenvalue weighted by Crippen LogP contribution is 2.21. The highest BCUT2D eigenvalue weighted by molar-refractivity contribution is 5.81. The molecule has 0 spiro atoms. The lowest BCUT2D eigenvalue weighted by atomic mass is 10.1. The number of carbonyl (C=O) groups is 1. The van der Waals surface area contributed by atoms with Crippen LogP contribution in [0.3, 0.4) is 0 Å². The van der Waals surface area contributed by atoms with E-state index in [0.29, 0.717) is 13.2 Å². The number of benzene rings is 1. The average Bonchev–Trinajstić information content (AvgIpc) is 2.86. The van der Waals surface area contributed by atoms with E-state index >= 15 is 0 Å². The van der Waals surface area contributed by atoms with Crippen LogP contribution in [0.25, 0.3) is 11.3 Å². The number of nitrogens with zero attached hydrogens (tertiary/aromatic N) is 2. The summed E-state index contributed by atoms with van der Waals surface area (Å²) in [5.41, 5.74) is 1.70. The molecule has 1 N–H and O–H groups in total. The van der Waals surface area contributed by atoms with Crippen molar-refractivity contribution >= 4 is 11.7 Å². The standard InChI is InChI=1S/C17H19N3O3/c1-12-17(21)20-11-15(18-10-16(20)19-12)13-4-6-14(7-5-13)23-9-3-8-22-2/h4-7,10-12H,3,8-9H2,1-2H3/p+1. The maximum Gasteiger partial charge on any atom is 0.358 e. The molecule has 0 bridgehead atoms. The van der Waals surface area contributed by atoms with E-state index in [-0.39, 0.29) is 11.9 Å². The SMILES string of the molecule is COCCCOc1ccc(-c2c[n+]3c(cn2)NC(C)C3=O)cc1. The maximum atomic E-state index is 12.0. The second kappa shape index (κ2) is 6.75. The molecule has 6 nitrogen and oxygen atoms in total. The van der Waals surface area contributed by atoms with E-state index in [1.165, 1.54) is 0 Å². The van der Waals surface area contributed by atoms with Crippen LogP contribution >= 0.6 is 0 Å². The zero-order valence-electron chi connectivity index (χ0n) is 13.3. The van der Waals surface area contributed by atoms with Gasteiger partial charge in [-0.3, -0.25) is 5.32 Å². The minimum absolute atomic E-state index is 0.0294. The van der Waals surface area contributed by atoms with Gasteiger partial charge >= 0.3 is 11.7 Å². The summed E-state index contributed by atoms with van der Waals surface area (Å²) < 4.78 is 12.2. The number of hydrogen-bond acceptors (Lipinski definition) is 5. The van der Waals surface area contributed by atoms with Crippen LogP contribution in [0.1, 0.15) is 18.1 Å². The van der Waals surface area contributed by atoms with Crippen molar-refractivity contribution in [2.24, 2.45) is 0 Å². The molecule has 0 saturated heterocycles. The Balaban J connectivity index is 1.72. The Hall–Kier alpha value is -2.47. The molecule has 0 aliphatic carbocycles. The lowest BCUT2D eigenvalue weighted by Gasteiger charge is -2.06. The Labute approximate surface area is 135 Å². The molecule has 1 aliphatic rings. The van der Waals surface area contributed by atoms with Crippen molar-refractivity contribution in [3.8, 4) is 17.0 Å². The molecule has 3 rings (SSSR count). The second-order valence-electron chi connectivity index (χ2n) is 5.45. The molecule has 6 heteroatoms. The molecule has 1 aromatic heterocycles. The van der Waals surface area contributed by atoms with Gasteiger partial charge in [0.25, 0.3) is 0 Å². The molecule has 1 unspecified atom stereocenters. The number of fused-ring (bicyclic) bond motifs is 1. The second-order valence-corrected chi connectivity index (χ2v) is 5.45. The number of anilines is 1. The summed E-state index contributed by atoms with van der Waals surface area (Å²) in [6, 6.07) is 7.48. The quantitative estimate of drug-likeness (QED) is 0.652. The molecule has 1 aliphatic heterocycles. The molecule has 1 aromatic carbocycles. The Bertz CT molecular complexity index is 701. The summed E-state index contributed by atoms with van der Waals surface area (Å²) in [4.78, 5) is 16.5. The first-order valence-corrected chi connectivity index (χ1v) is 7.63. The van der Waals surface area contributed by atoms with Crippen LogP contribution in [-0.2, 0) is 4.74 Å². The number of carbonyl (C=O) groups excluding carboxylic acids is 1. The van der Waals surface area contributed by atoms with Gasteiger partial charge in [-0.1, -0.05) is 0 Å². The van der Waals surface area contributed by atoms with Crippen LogP contribution in [0.15, 0.2) is 36.7 Å². The Morgan fingerprint density at radius 2 is 2.04 bits per heavy atom. The Morgan fingerprint density at radius 1 is 1.26 bits per heavy atom. The fourth-order valence-corrected chi connectivity index (χ4v) is 2.46. The summed E-state index contributed by atoms with van der Waals surface area (Å²) in [5, 5.41) is 3.09. The third-order valence-electron chi connectivity index (χ3n) is 3.72. The zero-order valence-corrected chi connectivity index (χ0v) is 13.3. The van der Waals surface area contributed by atoms with E-state index in [4.69, 9.17) is 9.47 Å². The molecular weight excluding hydrogens is 294 g/mol. The van der Waals surface area contributed by atoms with Gasteiger partial charge in [-0.05, 0) is 31.2 Å². The molecule has 0 amide bonds. The first-order chi connectivity index (χ1) is 11.2. The highest BCUT2D eigenvalue weighted by Gasteiger charge is 2.34. The molecule has 2 aromatic rings. The molecule has 120 valence electrons. The number of rotatable bonds is 6. The summed E-state index contributed by atoms with van der Waals surface area (Å²) in [6.07, 6.45) is 4.31. The van der Waals surface area contributed by atoms with Gasteiger partial charge in [-0.15, -0.1) is 0 Å². The van der Waals surface area contributed by atoms with Crippen LogP contribution in [0.4, 0.5) is 5.82 Å².